The lowest BCUT2D eigenvalue weighted by Gasteiger charge is -2.15. The first kappa shape index (κ1) is 20.8. The van der Waals surface area contributed by atoms with Gasteiger partial charge in [0.15, 0.2) is 18.0 Å². The Morgan fingerprint density at radius 2 is 2.00 bits per heavy atom. The van der Waals surface area contributed by atoms with E-state index in [0.29, 0.717) is 31.3 Å². The fraction of sp³-hybridized carbons (Fsp3) is 0.500. The molecule has 0 bridgehead atoms. The van der Waals surface area contributed by atoms with Crippen LogP contribution in [0.3, 0.4) is 0 Å². The third-order valence-electron chi connectivity index (χ3n) is 4.04. The molecule has 0 fully saturated rings. The van der Waals surface area contributed by atoms with E-state index < -0.39 is 0 Å². The Morgan fingerprint density at radius 1 is 1.26 bits per heavy atom. The van der Waals surface area contributed by atoms with Crippen LogP contribution in [0.15, 0.2) is 28.8 Å². The second kappa shape index (κ2) is 8.90. The van der Waals surface area contributed by atoms with Gasteiger partial charge < -0.3 is 18.9 Å². The number of nitrogens with one attached hydrogen (secondary N) is 2. The van der Waals surface area contributed by atoms with Crippen molar-refractivity contribution in [3.8, 4) is 11.5 Å². The van der Waals surface area contributed by atoms with Crippen molar-refractivity contribution in [2.75, 3.05) is 32.6 Å². The predicted molar refractivity (Wildman–Crippen MR) is 103 cm³/mol. The number of ether oxygens (including phenoxy) is 2. The zero-order valence-corrected chi connectivity index (χ0v) is 17.0. The lowest BCUT2D eigenvalue weighted by atomic mass is 9.92. The van der Waals surface area contributed by atoms with Crippen molar-refractivity contribution in [2.24, 2.45) is 0 Å². The minimum atomic E-state index is -0.124. The zero-order chi connectivity index (χ0) is 20.0. The number of anilines is 1. The number of aromatic nitrogens is 1. The standard InChI is InChI=1S/C20H29N3O4/c1-7-26-15-9-8-14(10-16(15)25-6)12-23(5)13-18(24)21-19-11-17(22-27-19)20(2,3)4/h8-11H,7,12-13H2,1-6H3,(H,21,24)/p+1. The largest absolute Gasteiger partial charge is 0.493 e. The van der Waals surface area contributed by atoms with Crippen LogP contribution in [-0.4, -0.2) is 38.4 Å². The monoisotopic (exact) mass is 376 g/mol. The molecule has 148 valence electrons. The highest BCUT2D eigenvalue weighted by atomic mass is 16.5. The SMILES string of the molecule is CCOc1ccc(C[NH+](C)CC(=O)Nc2cc(C(C)(C)C)no2)cc1OC. The lowest BCUT2D eigenvalue weighted by Crippen LogP contribution is -3.08. The van der Waals surface area contributed by atoms with Crippen molar-refractivity contribution in [3.63, 3.8) is 0 Å². The number of benzene rings is 1. The van der Waals surface area contributed by atoms with E-state index >= 15 is 0 Å². The Labute approximate surface area is 160 Å². The van der Waals surface area contributed by atoms with E-state index in [-0.39, 0.29) is 11.3 Å². The number of likely N-dealkylation sites (N-methyl/N-ethyl adjacent to an activating group) is 1. The molecule has 27 heavy (non-hydrogen) atoms. The van der Waals surface area contributed by atoms with Crippen LogP contribution >= 0.6 is 0 Å². The molecule has 0 saturated carbocycles. The van der Waals surface area contributed by atoms with Gasteiger partial charge in [-0.05, 0) is 25.1 Å². The van der Waals surface area contributed by atoms with Gasteiger partial charge in [-0.25, -0.2) is 0 Å². The van der Waals surface area contributed by atoms with Crippen molar-refractivity contribution in [1.82, 2.24) is 5.16 Å². The average molecular weight is 376 g/mol. The van der Waals surface area contributed by atoms with Crippen LogP contribution in [0.1, 0.15) is 39.0 Å². The Kier molecular flexibility index (Phi) is 6.85. The number of nitrogens with zero attached hydrogens (tertiary/aromatic N) is 1. The van der Waals surface area contributed by atoms with Crippen LogP contribution in [0.5, 0.6) is 11.5 Å². The molecule has 7 nitrogen and oxygen atoms in total. The molecule has 1 amide bonds. The maximum Gasteiger partial charge on any atom is 0.281 e. The number of rotatable bonds is 8. The van der Waals surface area contributed by atoms with Gasteiger partial charge in [-0.15, -0.1) is 0 Å². The third-order valence-corrected chi connectivity index (χ3v) is 4.04. The van der Waals surface area contributed by atoms with Crippen molar-refractivity contribution < 1.29 is 23.7 Å². The molecule has 0 aliphatic rings. The summed E-state index contributed by atoms with van der Waals surface area (Å²) in [4.78, 5) is 13.3. The number of carbonyl (C=O) groups excluding carboxylic acids is 1. The molecule has 2 N–H and O–H groups in total. The Hall–Kier alpha value is -2.54. The Bertz CT molecular complexity index is 765. The number of quaternary nitrogens is 1. The molecule has 1 unspecified atom stereocenters. The van der Waals surface area contributed by atoms with Gasteiger partial charge in [0.1, 0.15) is 6.54 Å². The first-order valence-corrected chi connectivity index (χ1v) is 9.11. The van der Waals surface area contributed by atoms with E-state index in [4.69, 9.17) is 14.0 Å². The summed E-state index contributed by atoms with van der Waals surface area (Å²) in [6, 6.07) is 7.59. The Balaban J connectivity index is 1.92. The highest BCUT2D eigenvalue weighted by molar-refractivity contribution is 5.90. The van der Waals surface area contributed by atoms with Crippen molar-refractivity contribution in [3.05, 3.63) is 35.5 Å². The second-order valence-corrected chi connectivity index (χ2v) is 7.60. The van der Waals surface area contributed by atoms with Crippen LogP contribution in [0.25, 0.3) is 0 Å². The topological polar surface area (TPSA) is 78.0 Å². The fourth-order valence-corrected chi connectivity index (χ4v) is 2.65. The second-order valence-electron chi connectivity index (χ2n) is 7.60. The predicted octanol–water partition coefficient (Wildman–Crippen LogP) is 2.03. The molecule has 0 aliphatic heterocycles. The summed E-state index contributed by atoms with van der Waals surface area (Å²) in [6.45, 7) is 9.63. The van der Waals surface area contributed by atoms with Gasteiger partial charge in [0, 0.05) is 17.0 Å². The minimum absolute atomic E-state index is 0.123. The number of methoxy groups -OCH3 is 1. The molecular weight excluding hydrogens is 346 g/mol. The molecule has 1 aromatic heterocycles. The van der Waals surface area contributed by atoms with Crippen LogP contribution < -0.4 is 19.7 Å². The molecule has 1 heterocycles. The molecule has 0 spiro atoms. The van der Waals surface area contributed by atoms with Crippen LogP contribution in [0, 0.1) is 0 Å². The first-order valence-electron chi connectivity index (χ1n) is 9.11. The van der Waals surface area contributed by atoms with Crippen molar-refractivity contribution >= 4 is 11.8 Å². The molecule has 0 saturated heterocycles. The van der Waals surface area contributed by atoms with Crippen LogP contribution in [-0.2, 0) is 16.8 Å². The van der Waals surface area contributed by atoms with Gasteiger partial charge in [-0.3, -0.25) is 10.1 Å². The number of amides is 1. The van der Waals surface area contributed by atoms with Crippen LogP contribution in [0.2, 0.25) is 0 Å². The summed E-state index contributed by atoms with van der Waals surface area (Å²) >= 11 is 0. The molecular formula is C20H30N3O4+. The average Bonchev–Trinajstić information content (AvgIpc) is 3.04. The summed E-state index contributed by atoms with van der Waals surface area (Å²) in [6.07, 6.45) is 0. The summed E-state index contributed by atoms with van der Waals surface area (Å²) < 4.78 is 16.1. The summed E-state index contributed by atoms with van der Waals surface area (Å²) in [5.74, 6) is 1.67. The summed E-state index contributed by atoms with van der Waals surface area (Å²) in [5, 5.41) is 6.77. The zero-order valence-electron chi connectivity index (χ0n) is 17.0. The lowest BCUT2D eigenvalue weighted by molar-refractivity contribution is -0.885. The van der Waals surface area contributed by atoms with E-state index in [1.807, 2.05) is 52.9 Å². The molecule has 1 atom stereocenters. The summed E-state index contributed by atoms with van der Waals surface area (Å²) in [7, 11) is 3.58. The fourth-order valence-electron chi connectivity index (χ4n) is 2.65. The minimum Gasteiger partial charge on any atom is -0.493 e. The maximum absolute atomic E-state index is 12.3. The quantitative estimate of drug-likeness (QED) is 0.737. The molecule has 1 aromatic carbocycles. The van der Waals surface area contributed by atoms with Gasteiger partial charge in [0.05, 0.1) is 26.5 Å². The van der Waals surface area contributed by atoms with Gasteiger partial charge in [0.25, 0.3) is 5.91 Å². The Morgan fingerprint density at radius 3 is 2.59 bits per heavy atom. The van der Waals surface area contributed by atoms with Crippen molar-refractivity contribution in [1.29, 1.82) is 0 Å². The van der Waals surface area contributed by atoms with Gasteiger partial charge in [0.2, 0.25) is 5.88 Å². The van der Waals surface area contributed by atoms with Crippen molar-refractivity contribution in [2.45, 2.75) is 39.7 Å². The maximum atomic E-state index is 12.3. The molecule has 7 heteroatoms. The molecule has 2 aromatic rings. The van der Waals surface area contributed by atoms with Gasteiger partial charge in [-0.2, -0.15) is 0 Å². The normalized spacial score (nSPS) is 12.5. The number of hydrogen-bond acceptors (Lipinski definition) is 5. The van der Waals surface area contributed by atoms with Crippen LogP contribution in [0.4, 0.5) is 5.88 Å². The smallest absolute Gasteiger partial charge is 0.281 e. The number of hydrogen-bond donors (Lipinski definition) is 2. The van der Waals surface area contributed by atoms with E-state index in [1.54, 1.807) is 13.2 Å². The number of carbonyl (C=O) groups is 1. The van der Waals surface area contributed by atoms with E-state index in [1.165, 1.54) is 0 Å². The van der Waals surface area contributed by atoms with Gasteiger partial charge in [-0.1, -0.05) is 25.9 Å². The highest BCUT2D eigenvalue weighted by Gasteiger charge is 2.20. The van der Waals surface area contributed by atoms with E-state index in [0.717, 1.165) is 21.9 Å². The molecule has 0 aliphatic carbocycles. The molecule has 2 rings (SSSR count). The van der Waals surface area contributed by atoms with E-state index in [2.05, 4.69) is 10.5 Å². The summed E-state index contributed by atoms with van der Waals surface area (Å²) in [5.41, 5.74) is 1.75. The van der Waals surface area contributed by atoms with E-state index in [9.17, 15) is 4.79 Å². The highest BCUT2D eigenvalue weighted by Crippen LogP contribution is 2.27. The third kappa shape index (κ3) is 5.99. The molecule has 0 radical (unpaired) electrons. The van der Waals surface area contributed by atoms with Gasteiger partial charge >= 0.3 is 0 Å². The first-order chi connectivity index (χ1) is 12.7.